The molecule has 2 aromatic heterocycles. The van der Waals surface area contributed by atoms with Crippen molar-refractivity contribution in [2.24, 2.45) is 50.7 Å². The van der Waals surface area contributed by atoms with E-state index in [-0.39, 0.29) is 51.8 Å². The minimum absolute atomic E-state index is 0.0206. The van der Waals surface area contributed by atoms with Gasteiger partial charge >= 0.3 is 11.9 Å². The largest absolute Gasteiger partial charge is 0.481 e. The lowest BCUT2D eigenvalue weighted by atomic mass is 9.33. The van der Waals surface area contributed by atoms with Gasteiger partial charge in [0, 0.05) is 18.0 Å². The van der Waals surface area contributed by atoms with E-state index in [1.165, 1.54) is 5.57 Å². The van der Waals surface area contributed by atoms with Crippen molar-refractivity contribution in [2.75, 3.05) is 0 Å². The molecule has 9 heteroatoms. The molecule has 0 unspecified atom stereocenters. The Hall–Kier alpha value is -3.36. The van der Waals surface area contributed by atoms with E-state index in [0.717, 1.165) is 56.9 Å². The van der Waals surface area contributed by atoms with Crippen LogP contribution in [0.1, 0.15) is 132 Å². The van der Waals surface area contributed by atoms with Crippen LogP contribution in [0.2, 0.25) is 0 Å². The van der Waals surface area contributed by atoms with E-state index in [1.54, 1.807) is 20.0 Å². The number of carboxylic acids is 1. The summed E-state index contributed by atoms with van der Waals surface area (Å²) in [5.74, 6) is 0.977. The molecule has 4 saturated carbocycles. The van der Waals surface area contributed by atoms with Gasteiger partial charge in [-0.05, 0) is 128 Å². The average molecular weight is 700 g/mol. The van der Waals surface area contributed by atoms with Crippen LogP contribution in [-0.2, 0) is 24.5 Å². The number of allylic oxidation sites excluding steroid dienone is 2. The van der Waals surface area contributed by atoms with Gasteiger partial charge in [-0.2, -0.15) is 0 Å². The molecule has 0 saturated heterocycles. The molecule has 0 aromatic carbocycles. The van der Waals surface area contributed by atoms with E-state index in [1.807, 2.05) is 18.2 Å². The summed E-state index contributed by atoms with van der Waals surface area (Å²) in [6, 6.07) is 5.65. The number of esters is 1. The quantitative estimate of drug-likeness (QED) is 0.282. The first-order valence-electron chi connectivity index (χ1n) is 19.3. The molecule has 5 aliphatic carbocycles. The fourth-order valence-electron chi connectivity index (χ4n) is 12.7. The van der Waals surface area contributed by atoms with Gasteiger partial charge in [0.2, 0.25) is 5.89 Å². The fourth-order valence-corrected chi connectivity index (χ4v) is 12.7. The Morgan fingerprint density at radius 3 is 2.37 bits per heavy atom. The van der Waals surface area contributed by atoms with Gasteiger partial charge in [-0.1, -0.05) is 54.5 Å². The van der Waals surface area contributed by atoms with Crippen molar-refractivity contribution in [2.45, 2.75) is 138 Å². The topological polar surface area (TPSA) is 132 Å². The molecule has 0 radical (unpaired) electrons. The van der Waals surface area contributed by atoms with Gasteiger partial charge in [0.25, 0.3) is 5.89 Å². The molecular formula is C42H57N3O6. The zero-order valence-corrected chi connectivity index (χ0v) is 32.1. The van der Waals surface area contributed by atoms with Crippen LogP contribution in [0.3, 0.4) is 0 Å². The Morgan fingerprint density at radius 1 is 0.961 bits per heavy atom. The first-order valence-corrected chi connectivity index (χ1v) is 19.3. The Labute approximate surface area is 302 Å². The number of carbonyl (C=O) groups is 3. The number of carboxylic acid groups (broad SMARTS) is 1. The van der Waals surface area contributed by atoms with Crippen molar-refractivity contribution < 1.29 is 28.6 Å². The van der Waals surface area contributed by atoms with Crippen LogP contribution in [0.15, 0.2) is 40.0 Å². The van der Waals surface area contributed by atoms with E-state index >= 15 is 0 Å². The standard InChI is InChI=1S/C42H57N3O6/c1-24(2)32-27(46)22-42(35-45-44-34(51-35)26-12-10-11-21-43-26)20-19-40(8)25(33(32)42)13-14-29-39(7)17-16-30(50-31(47)23-37(3,4)36(48)49)38(5,6)28(39)15-18-41(29,40)9/h10-12,21,24-25,28-30H,13-20,22-23H2,1-9H3,(H,48,49)/t25-,28+,29-,30+,39+,40-,41-,42-/m1/s1. The molecule has 5 aliphatic rings. The number of carbonyl (C=O) groups excluding carboxylic acids is 2. The van der Waals surface area contributed by atoms with Crippen molar-refractivity contribution in [3.63, 3.8) is 0 Å². The van der Waals surface area contributed by atoms with E-state index < -0.39 is 22.8 Å². The lowest BCUT2D eigenvalue weighted by molar-refractivity contribution is -0.232. The molecular weight excluding hydrogens is 642 g/mol. The lowest BCUT2D eigenvalue weighted by Crippen LogP contribution is -2.66. The summed E-state index contributed by atoms with van der Waals surface area (Å²) in [6.07, 6.45) is 9.51. The maximum Gasteiger partial charge on any atom is 0.309 e. The van der Waals surface area contributed by atoms with Gasteiger partial charge in [-0.25, -0.2) is 0 Å². The van der Waals surface area contributed by atoms with Gasteiger partial charge < -0.3 is 14.3 Å². The van der Waals surface area contributed by atoms with Crippen LogP contribution in [0, 0.1) is 50.7 Å². The summed E-state index contributed by atoms with van der Waals surface area (Å²) in [5.41, 5.74) is 1.01. The number of aliphatic carboxylic acids is 1. The number of ketones is 1. The maximum absolute atomic E-state index is 14.1. The fraction of sp³-hybridized carbons (Fsp3) is 0.714. The zero-order valence-electron chi connectivity index (χ0n) is 32.1. The van der Waals surface area contributed by atoms with E-state index in [9.17, 15) is 19.5 Å². The number of pyridine rings is 1. The number of ether oxygens (including phenoxy) is 1. The van der Waals surface area contributed by atoms with Crippen LogP contribution < -0.4 is 0 Å². The SMILES string of the molecule is CC(C)C1=C2[C@H]3CC[C@@H]4[C@@]5(C)CC[C@H](OC(=O)CC(C)(C)C(=O)O)C(C)(C)[C@@H]5CC[C@@]4(C)[C@]3(C)CC[C@@]2(c2nnc(-c3ccccn3)o2)CC1=O. The summed E-state index contributed by atoms with van der Waals surface area (Å²) >= 11 is 0. The molecule has 4 fully saturated rings. The molecule has 2 heterocycles. The molecule has 0 amide bonds. The number of aromatic nitrogens is 3. The smallest absolute Gasteiger partial charge is 0.309 e. The van der Waals surface area contributed by atoms with Crippen LogP contribution in [0.25, 0.3) is 11.6 Å². The number of hydrogen-bond acceptors (Lipinski definition) is 8. The Kier molecular flexibility index (Phi) is 8.35. The molecule has 51 heavy (non-hydrogen) atoms. The molecule has 0 aliphatic heterocycles. The molecule has 2 aromatic rings. The van der Waals surface area contributed by atoms with Gasteiger partial charge in [0.05, 0.1) is 17.3 Å². The Bertz CT molecular complexity index is 1780. The van der Waals surface area contributed by atoms with Crippen molar-refractivity contribution in [3.8, 4) is 11.6 Å². The monoisotopic (exact) mass is 699 g/mol. The number of Topliss-reactive ketones (excluding diaryl/α,β-unsaturated/α-hetero) is 1. The zero-order chi connectivity index (χ0) is 36.9. The normalized spacial score (nSPS) is 37.3. The van der Waals surface area contributed by atoms with Gasteiger partial charge in [0.15, 0.2) is 5.78 Å². The number of hydrogen-bond donors (Lipinski definition) is 1. The third-order valence-corrected chi connectivity index (χ3v) is 15.5. The van der Waals surface area contributed by atoms with Gasteiger partial charge in [-0.15, -0.1) is 10.2 Å². The highest BCUT2D eigenvalue weighted by molar-refractivity contribution is 6.01. The molecule has 7 rings (SSSR count). The molecule has 0 spiro atoms. The van der Waals surface area contributed by atoms with Crippen molar-refractivity contribution >= 4 is 17.7 Å². The molecule has 0 bridgehead atoms. The van der Waals surface area contributed by atoms with Gasteiger partial charge in [0.1, 0.15) is 11.8 Å². The second-order valence-electron chi connectivity index (χ2n) is 19.1. The Morgan fingerprint density at radius 2 is 1.71 bits per heavy atom. The highest BCUT2D eigenvalue weighted by atomic mass is 16.5. The van der Waals surface area contributed by atoms with E-state index in [0.29, 0.717) is 35.7 Å². The summed E-state index contributed by atoms with van der Waals surface area (Å²) < 4.78 is 12.6. The van der Waals surface area contributed by atoms with Crippen LogP contribution >= 0.6 is 0 Å². The van der Waals surface area contributed by atoms with Crippen LogP contribution in [-0.4, -0.2) is 44.1 Å². The van der Waals surface area contributed by atoms with E-state index in [4.69, 9.17) is 9.15 Å². The first-order chi connectivity index (χ1) is 23.8. The van der Waals surface area contributed by atoms with Crippen molar-refractivity contribution in [3.05, 3.63) is 41.4 Å². The molecule has 276 valence electrons. The van der Waals surface area contributed by atoms with Crippen LogP contribution in [0.5, 0.6) is 0 Å². The summed E-state index contributed by atoms with van der Waals surface area (Å²) in [7, 11) is 0. The third kappa shape index (κ3) is 5.13. The number of nitrogens with zero attached hydrogens (tertiary/aromatic N) is 3. The van der Waals surface area contributed by atoms with Crippen LogP contribution in [0.4, 0.5) is 0 Å². The van der Waals surface area contributed by atoms with E-state index in [2.05, 4.69) is 63.6 Å². The van der Waals surface area contributed by atoms with Crippen molar-refractivity contribution in [1.29, 1.82) is 0 Å². The second-order valence-corrected chi connectivity index (χ2v) is 19.1. The first kappa shape index (κ1) is 36.0. The second kappa shape index (κ2) is 11.8. The Balaban J connectivity index is 1.21. The van der Waals surface area contributed by atoms with Crippen molar-refractivity contribution in [1.82, 2.24) is 15.2 Å². The van der Waals surface area contributed by atoms with Gasteiger partial charge in [-0.3, -0.25) is 19.4 Å². The minimum atomic E-state index is -1.16. The third-order valence-electron chi connectivity index (χ3n) is 15.5. The maximum atomic E-state index is 14.1. The summed E-state index contributed by atoms with van der Waals surface area (Å²) in [4.78, 5) is 43.4. The molecule has 9 nitrogen and oxygen atoms in total. The minimum Gasteiger partial charge on any atom is -0.481 e. The number of fused-ring (bicyclic) bond motifs is 7. The predicted molar refractivity (Wildman–Crippen MR) is 192 cm³/mol. The highest BCUT2D eigenvalue weighted by Crippen LogP contribution is 2.76. The lowest BCUT2D eigenvalue weighted by Gasteiger charge is -2.72. The molecule has 1 N–H and O–H groups in total. The summed E-state index contributed by atoms with van der Waals surface area (Å²) in [6.45, 7) is 19.6. The summed E-state index contributed by atoms with van der Waals surface area (Å²) in [5, 5.41) is 18.7. The molecule has 8 atom stereocenters. The highest BCUT2D eigenvalue weighted by Gasteiger charge is 2.71. The predicted octanol–water partition coefficient (Wildman–Crippen LogP) is 8.78. The number of rotatable bonds is 7. The average Bonchev–Trinajstić information content (AvgIpc) is 3.67.